The van der Waals surface area contributed by atoms with E-state index in [4.69, 9.17) is 44.9 Å². The van der Waals surface area contributed by atoms with Crippen LogP contribution in [0.3, 0.4) is 0 Å². The highest BCUT2D eigenvalue weighted by Gasteiger charge is 2.63. The third kappa shape index (κ3) is 8.66. The number of Topliss-reactive ketones (excluding diaryl/α,β-unsaturated/α-hetero) is 1. The first-order valence-electron chi connectivity index (χ1n) is 19.6. The number of fused-ring (bicyclic) bond motifs is 2. The van der Waals surface area contributed by atoms with Gasteiger partial charge in [0, 0.05) is 14.2 Å². The van der Waals surface area contributed by atoms with Gasteiger partial charge < -0.3 is 50.0 Å². The van der Waals surface area contributed by atoms with Crippen molar-refractivity contribution < 1.29 is 54.8 Å². The zero-order valence-corrected chi connectivity index (χ0v) is 39.5. The summed E-state index contributed by atoms with van der Waals surface area (Å²) in [5.74, 6) is -0.161. The molecule has 0 amide bonds. The highest BCUT2D eigenvalue weighted by molar-refractivity contribution is 6.84. The molecule has 306 valence electrons. The summed E-state index contributed by atoms with van der Waals surface area (Å²) < 4.78 is 62.9. The number of ketones is 1. The van der Waals surface area contributed by atoms with Gasteiger partial charge in [0.2, 0.25) is 12.1 Å². The van der Waals surface area contributed by atoms with E-state index >= 15 is 0 Å². The minimum absolute atomic E-state index is 0.161. The number of methoxy groups -OCH3 is 2. The number of rotatable bonds is 10. The summed E-state index contributed by atoms with van der Waals surface area (Å²) >= 11 is 0. The lowest BCUT2D eigenvalue weighted by atomic mass is 10.1. The standard InChI is InChI=1S/C18H38O6Si2.C18H36O6Si2/c2*1-11(2)25(12(3)4)21-10-15-17(16(19)18(20-9)22-15)23-26(24-25,13(5)6)14(7)8/h11-19H,10H2,1-9H3;11-15,17-18H,10H2,1-9H3/t15-,16?,17+,18-;15-,17+,18-/m11/s1. The van der Waals surface area contributed by atoms with Gasteiger partial charge in [-0.25, -0.2) is 0 Å². The molecule has 1 N–H and O–H groups in total. The minimum Gasteiger partial charge on any atom is -0.414 e. The monoisotopic (exact) mass is 810 g/mol. The van der Waals surface area contributed by atoms with Gasteiger partial charge in [-0.15, -0.1) is 0 Å². The predicted molar refractivity (Wildman–Crippen MR) is 210 cm³/mol. The second-order valence-electron chi connectivity index (χ2n) is 17.5. The van der Waals surface area contributed by atoms with E-state index in [2.05, 4.69) is 111 Å². The van der Waals surface area contributed by atoms with Crippen molar-refractivity contribution in [2.75, 3.05) is 27.4 Å². The smallest absolute Gasteiger partial charge is 0.335 e. The summed E-state index contributed by atoms with van der Waals surface area (Å²) in [5, 5.41) is 10.7. The molecular formula is C36H74O12Si4. The van der Waals surface area contributed by atoms with Gasteiger partial charge in [-0.3, -0.25) is 4.79 Å². The predicted octanol–water partition coefficient (Wildman–Crippen LogP) is 7.56. The Morgan fingerprint density at radius 2 is 0.942 bits per heavy atom. The van der Waals surface area contributed by atoms with Gasteiger partial charge in [-0.05, 0) is 44.3 Å². The van der Waals surface area contributed by atoms with Crippen molar-refractivity contribution in [1.82, 2.24) is 0 Å². The third-order valence-corrected chi connectivity index (χ3v) is 32.0. The first-order chi connectivity index (χ1) is 24.0. The summed E-state index contributed by atoms with van der Waals surface area (Å²) in [6.07, 6.45) is -4.35. The fourth-order valence-electron chi connectivity index (χ4n) is 8.49. The molecule has 0 aliphatic carbocycles. The van der Waals surface area contributed by atoms with Gasteiger partial charge in [0.25, 0.3) is 0 Å². The lowest BCUT2D eigenvalue weighted by molar-refractivity contribution is -0.153. The molecule has 0 saturated carbocycles. The molecule has 0 aromatic carbocycles. The van der Waals surface area contributed by atoms with E-state index in [9.17, 15) is 9.90 Å². The van der Waals surface area contributed by atoms with E-state index < -0.39 is 71.2 Å². The quantitative estimate of drug-likeness (QED) is 0.219. The first kappa shape index (κ1) is 46.5. The second-order valence-corrected chi connectivity index (χ2v) is 35.2. The van der Waals surface area contributed by atoms with Crippen molar-refractivity contribution >= 4 is 40.0 Å². The molecule has 4 saturated heterocycles. The normalized spacial score (nSPS) is 33.0. The van der Waals surface area contributed by atoms with Crippen molar-refractivity contribution in [3.63, 3.8) is 0 Å². The molecule has 1 unspecified atom stereocenters. The molecular weight excluding hydrogens is 737 g/mol. The Labute approximate surface area is 319 Å². The summed E-state index contributed by atoms with van der Waals surface area (Å²) in [5.41, 5.74) is 1.93. The SMILES string of the molecule is CO[C@@H]1O[C@@H]2CO[Si](C(C)C)(C(C)C)O[Si](C(C)C)(C(C)C)O[C@@H]2C1=O.CO[C@@H]1O[C@@H]2CO[Si](C(C)C)(C(C)C)O[Si](C(C)C)(C(C)C)O[C@@H]2C1O. The van der Waals surface area contributed by atoms with E-state index in [-0.39, 0.29) is 56.2 Å². The van der Waals surface area contributed by atoms with E-state index in [0.717, 1.165) is 0 Å². The topological polar surface area (TPSA) is 130 Å². The number of hydrogen-bond acceptors (Lipinski definition) is 12. The Kier molecular flexibility index (Phi) is 16.2. The summed E-state index contributed by atoms with van der Waals surface area (Å²) in [6.45, 7) is 35.3. The van der Waals surface area contributed by atoms with Gasteiger partial charge in [0.05, 0.1) is 13.2 Å². The number of carbonyl (C=O) groups is 1. The number of hydrogen-bond donors (Lipinski definition) is 1. The fourth-order valence-corrected chi connectivity index (χ4v) is 30.9. The van der Waals surface area contributed by atoms with Gasteiger partial charge in [0.15, 0.2) is 6.29 Å². The van der Waals surface area contributed by atoms with E-state index in [0.29, 0.717) is 13.2 Å². The maximum absolute atomic E-state index is 12.7. The number of ether oxygens (including phenoxy) is 4. The van der Waals surface area contributed by atoms with Crippen LogP contribution in [0.25, 0.3) is 0 Å². The van der Waals surface area contributed by atoms with Gasteiger partial charge >= 0.3 is 34.2 Å². The molecule has 4 heterocycles. The van der Waals surface area contributed by atoms with Crippen molar-refractivity contribution in [2.45, 2.75) is 198 Å². The lowest BCUT2D eigenvalue weighted by Crippen LogP contribution is -2.65. The van der Waals surface area contributed by atoms with Crippen LogP contribution in [0.5, 0.6) is 0 Å². The van der Waals surface area contributed by atoms with Crippen LogP contribution in [0, 0.1) is 0 Å². The Morgan fingerprint density at radius 1 is 0.558 bits per heavy atom. The van der Waals surface area contributed by atoms with Crippen LogP contribution in [0.15, 0.2) is 0 Å². The molecule has 7 atom stereocenters. The Bertz CT molecular complexity index is 1120. The van der Waals surface area contributed by atoms with Crippen LogP contribution in [0.4, 0.5) is 0 Å². The Hall–Kier alpha value is 0.0975. The average molecular weight is 811 g/mol. The van der Waals surface area contributed by atoms with Crippen LogP contribution in [0.2, 0.25) is 44.3 Å². The molecule has 12 nitrogen and oxygen atoms in total. The van der Waals surface area contributed by atoms with E-state index in [1.807, 2.05) is 0 Å². The van der Waals surface area contributed by atoms with Crippen LogP contribution in [0.1, 0.15) is 111 Å². The molecule has 0 radical (unpaired) electrons. The van der Waals surface area contributed by atoms with Crippen LogP contribution < -0.4 is 0 Å². The lowest BCUT2D eigenvalue weighted by Gasteiger charge is -2.51. The van der Waals surface area contributed by atoms with Crippen LogP contribution >= 0.6 is 0 Å². The number of aliphatic hydroxyl groups is 1. The molecule has 4 rings (SSSR count). The van der Waals surface area contributed by atoms with Crippen molar-refractivity contribution in [3.8, 4) is 0 Å². The fraction of sp³-hybridized carbons (Fsp3) is 0.972. The van der Waals surface area contributed by atoms with Crippen molar-refractivity contribution in [3.05, 3.63) is 0 Å². The minimum atomic E-state index is -2.77. The van der Waals surface area contributed by atoms with Gasteiger partial charge in [0.1, 0.15) is 30.5 Å². The summed E-state index contributed by atoms with van der Waals surface area (Å²) in [4.78, 5) is 12.7. The van der Waals surface area contributed by atoms with Crippen LogP contribution in [-0.2, 0) is 49.7 Å². The van der Waals surface area contributed by atoms with Crippen LogP contribution in [-0.4, -0.2) is 116 Å². The highest BCUT2D eigenvalue weighted by Crippen LogP contribution is 2.49. The van der Waals surface area contributed by atoms with Crippen molar-refractivity contribution in [2.24, 2.45) is 0 Å². The maximum atomic E-state index is 12.7. The molecule has 4 fully saturated rings. The zero-order chi connectivity index (χ0) is 39.7. The van der Waals surface area contributed by atoms with Crippen molar-refractivity contribution in [1.29, 1.82) is 0 Å². The average Bonchev–Trinajstić information content (AvgIpc) is 3.49. The highest BCUT2D eigenvalue weighted by atomic mass is 28.5. The molecule has 4 aliphatic rings. The summed E-state index contributed by atoms with van der Waals surface area (Å²) in [7, 11) is -7.61. The maximum Gasteiger partial charge on any atom is 0.335 e. The largest absolute Gasteiger partial charge is 0.414 e. The molecule has 0 aromatic rings. The van der Waals surface area contributed by atoms with Gasteiger partial charge in [-0.2, -0.15) is 0 Å². The van der Waals surface area contributed by atoms with Gasteiger partial charge in [-0.1, -0.05) is 111 Å². The number of carbonyl (C=O) groups excluding carboxylic acids is 1. The third-order valence-electron chi connectivity index (χ3n) is 11.5. The molecule has 16 heteroatoms. The summed E-state index contributed by atoms with van der Waals surface area (Å²) in [6, 6.07) is 0. The molecule has 0 aromatic heterocycles. The Morgan fingerprint density at radius 3 is 1.31 bits per heavy atom. The molecule has 0 spiro atoms. The molecule has 52 heavy (non-hydrogen) atoms. The van der Waals surface area contributed by atoms with E-state index in [1.54, 1.807) is 7.11 Å². The van der Waals surface area contributed by atoms with E-state index in [1.165, 1.54) is 7.11 Å². The number of aliphatic hydroxyl groups excluding tert-OH is 1. The Balaban J connectivity index is 0.000000280. The first-order valence-corrected chi connectivity index (χ1v) is 27.5. The molecule has 4 aliphatic heterocycles. The second kappa shape index (κ2) is 18.1. The molecule has 0 bridgehead atoms. The zero-order valence-electron chi connectivity index (χ0n) is 35.5.